The van der Waals surface area contributed by atoms with E-state index in [-0.39, 0.29) is 18.7 Å². The first kappa shape index (κ1) is 13.7. The van der Waals surface area contributed by atoms with Crippen molar-refractivity contribution in [1.82, 2.24) is 0 Å². The molecule has 1 N–H and O–H groups in total. The van der Waals surface area contributed by atoms with Crippen LogP contribution in [-0.2, 0) is 20.9 Å². The van der Waals surface area contributed by atoms with Crippen molar-refractivity contribution in [1.29, 1.82) is 0 Å². The van der Waals surface area contributed by atoms with E-state index in [1.165, 1.54) is 18.2 Å². The third kappa shape index (κ3) is 2.53. The molecule has 0 spiro atoms. The van der Waals surface area contributed by atoms with E-state index < -0.39 is 28.7 Å². The van der Waals surface area contributed by atoms with Gasteiger partial charge < -0.3 is 14.6 Å². The number of rotatable bonds is 4. The van der Waals surface area contributed by atoms with Gasteiger partial charge in [0.15, 0.2) is 5.60 Å². The number of nitro benzene ring substituents is 1. The van der Waals surface area contributed by atoms with Crippen LogP contribution in [0.15, 0.2) is 36.4 Å². The monoisotopic (exact) mass is 291 g/mol. The molecule has 1 aromatic rings. The summed E-state index contributed by atoms with van der Waals surface area (Å²) in [5.41, 5.74) is -0.719. The lowest BCUT2D eigenvalue weighted by atomic mass is 9.91. The quantitative estimate of drug-likeness (QED) is 0.386. The van der Waals surface area contributed by atoms with Crippen molar-refractivity contribution in [2.75, 3.05) is 0 Å². The summed E-state index contributed by atoms with van der Waals surface area (Å²) < 4.78 is 10.7. The van der Waals surface area contributed by atoms with Crippen LogP contribution in [0.25, 0.3) is 0 Å². The lowest BCUT2D eigenvalue weighted by molar-refractivity contribution is -0.384. The van der Waals surface area contributed by atoms with Crippen LogP contribution in [-0.4, -0.2) is 33.8 Å². The number of non-ortho nitro benzene ring substituents is 1. The Hall–Kier alpha value is -2.25. The fraction of sp³-hybridized carbons (Fsp3) is 0.357. The van der Waals surface area contributed by atoms with E-state index in [0.29, 0.717) is 0 Å². The van der Waals surface area contributed by atoms with Gasteiger partial charge in [-0.2, -0.15) is 0 Å². The zero-order chi connectivity index (χ0) is 15.0. The Morgan fingerprint density at radius 3 is 2.81 bits per heavy atom. The Morgan fingerprint density at radius 1 is 1.43 bits per heavy atom. The molecule has 2 aliphatic rings. The second-order valence-corrected chi connectivity index (χ2v) is 5.13. The average Bonchev–Trinajstić information content (AvgIpc) is 2.69. The zero-order valence-corrected chi connectivity index (χ0v) is 11.0. The number of nitro groups is 1. The smallest absolute Gasteiger partial charge is 0.342 e. The van der Waals surface area contributed by atoms with Gasteiger partial charge in [-0.3, -0.25) is 10.1 Å². The number of carbonyl (C=O) groups excluding carboxylic acids is 1. The van der Waals surface area contributed by atoms with E-state index in [1.807, 2.05) is 0 Å². The molecule has 1 heterocycles. The van der Waals surface area contributed by atoms with Gasteiger partial charge in [-0.1, -0.05) is 6.08 Å². The molecule has 1 saturated heterocycles. The van der Waals surface area contributed by atoms with Gasteiger partial charge in [-0.05, 0) is 23.8 Å². The number of fused-ring (bicyclic) bond motifs is 2. The van der Waals surface area contributed by atoms with E-state index >= 15 is 0 Å². The number of carbonyl (C=O) groups is 1. The molecule has 1 aliphatic heterocycles. The standard InChI is InChI=1S/C14H13NO6/c16-13-14(17)6-5-11(12(7-14)21-13)20-8-9-1-3-10(4-2-9)15(18)19/h1-6,11-12,17H,7-8H2/t11-,12-,14+/m1/s1. The molecule has 2 bridgehead atoms. The van der Waals surface area contributed by atoms with Crippen molar-refractivity contribution in [2.45, 2.75) is 30.8 Å². The SMILES string of the molecule is O=C1O[C@@H]2C[C@@]1(O)C=C[C@H]2OCc1ccc([N+](=O)[O-])cc1. The van der Waals surface area contributed by atoms with Crippen LogP contribution in [0.4, 0.5) is 5.69 Å². The van der Waals surface area contributed by atoms with Crippen LogP contribution in [0.2, 0.25) is 0 Å². The van der Waals surface area contributed by atoms with E-state index in [2.05, 4.69) is 0 Å². The lowest BCUT2D eigenvalue weighted by Gasteiger charge is -2.24. The highest BCUT2D eigenvalue weighted by Crippen LogP contribution is 2.34. The summed E-state index contributed by atoms with van der Waals surface area (Å²) >= 11 is 0. The molecule has 7 nitrogen and oxygen atoms in total. The largest absolute Gasteiger partial charge is 0.457 e. The van der Waals surface area contributed by atoms with Gasteiger partial charge in [0.25, 0.3) is 5.69 Å². The maximum absolute atomic E-state index is 11.5. The highest BCUT2D eigenvalue weighted by molar-refractivity contribution is 5.84. The maximum atomic E-state index is 11.5. The zero-order valence-electron chi connectivity index (χ0n) is 11.0. The molecule has 1 aliphatic carbocycles. The van der Waals surface area contributed by atoms with Gasteiger partial charge >= 0.3 is 5.97 Å². The summed E-state index contributed by atoms with van der Waals surface area (Å²) in [6, 6.07) is 6.04. The average molecular weight is 291 g/mol. The minimum Gasteiger partial charge on any atom is -0.457 e. The number of ether oxygens (including phenoxy) is 2. The number of nitrogens with zero attached hydrogens (tertiary/aromatic N) is 1. The third-order valence-corrected chi connectivity index (χ3v) is 3.64. The van der Waals surface area contributed by atoms with Crippen molar-refractivity contribution in [3.05, 3.63) is 52.1 Å². The van der Waals surface area contributed by atoms with Gasteiger partial charge in [0.05, 0.1) is 11.5 Å². The Kier molecular flexibility index (Phi) is 3.23. The molecule has 0 amide bonds. The van der Waals surface area contributed by atoms with E-state index in [0.717, 1.165) is 5.56 Å². The van der Waals surface area contributed by atoms with Gasteiger partial charge in [0.2, 0.25) is 0 Å². The summed E-state index contributed by atoms with van der Waals surface area (Å²) in [4.78, 5) is 21.5. The van der Waals surface area contributed by atoms with E-state index in [4.69, 9.17) is 9.47 Å². The second kappa shape index (κ2) is 4.94. The van der Waals surface area contributed by atoms with Gasteiger partial charge in [-0.15, -0.1) is 0 Å². The number of benzene rings is 1. The second-order valence-electron chi connectivity index (χ2n) is 5.13. The minimum absolute atomic E-state index is 0.0195. The summed E-state index contributed by atoms with van der Waals surface area (Å²) in [6.45, 7) is 0.236. The van der Waals surface area contributed by atoms with Crippen LogP contribution in [0, 0.1) is 10.1 Å². The molecular formula is C14H13NO6. The molecule has 0 saturated carbocycles. The summed E-state index contributed by atoms with van der Waals surface area (Å²) in [5.74, 6) is -0.648. The first-order chi connectivity index (χ1) is 9.98. The Morgan fingerprint density at radius 2 is 2.14 bits per heavy atom. The molecule has 3 atom stereocenters. The Bertz CT molecular complexity index is 610. The highest BCUT2D eigenvalue weighted by atomic mass is 16.6. The summed E-state index contributed by atoms with van der Waals surface area (Å²) in [6.07, 6.45) is 2.29. The number of hydrogen-bond acceptors (Lipinski definition) is 6. The van der Waals surface area contributed by atoms with Crippen LogP contribution in [0.1, 0.15) is 12.0 Å². The molecule has 3 rings (SSSR count). The predicted molar refractivity (Wildman–Crippen MR) is 70.3 cm³/mol. The van der Waals surface area contributed by atoms with Crippen molar-refractivity contribution >= 4 is 11.7 Å². The van der Waals surface area contributed by atoms with Crippen molar-refractivity contribution in [2.24, 2.45) is 0 Å². The minimum atomic E-state index is -1.52. The van der Waals surface area contributed by atoms with Crippen molar-refractivity contribution in [3.8, 4) is 0 Å². The molecule has 0 unspecified atom stereocenters. The Labute approximate surface area is 119 Å². The maximum Gasteiger partial charge on any atom is 0.342 e. The predicted octanol–water partition coefficient (Wildman–Crippen LogP) is 1.10. The summed E-state index contributed by atoms with van der Waals surface area (Å²) in [5, 5.41) is 20.5. The molecule has 110 valence electrons. The van der Waals surface area contributed by atoms with Crippen LogP contribution in [0.5, 0.6) is 0 Å². The molecule has 7 heteroatoms. The third-order valence-electron chi connectivity index (χ3n) is 3.64. The lowest BCUT2D eigenvalue weighted by Crippen LogP contribution is -2.36. The Balaban J connectivity index is 1.62. The number of esters is 1. The molecule has 0 aromatic heterocycles. The topological polar surface area (TPSA) is 98.9 Å². The molecular weight excluding hydrogens is 278 g/mol. The molecule has 1 fully saturated rings. The fourth-order valence-corrected chi connectivity index (χ4v) is 2.44. The number of hydrogen-bond donors (Lipinski definition) is 1. The van der Waals surface area contributed by atoms with E-state index in [1.54, 1.807) is 18.2 Å². The van der Waals surface area contributed by atoms with Gasteiger partial charge in [0, 0.05) is 18.6 Å². The highest BCUT2D eigenvalue weighted by Gasteiger charge is 2.51. The van der Waals surface area contributed by atoms with Crippen molar-refractivity contribution in [3.63, 3.8) is 0 Å². The molecule has 1 aromatic carbocycles. The normalized spacial score (nSPS) is 30.2. The van der Waals surface area contributed by atoms with Gasteiger partial charge in [0.1, 0.15) is 12.2 Å². The van der Waals surface area contributed by atoms with Crippen LogP contribution in [0.3, 0.4) is 0 Å². The van der Waals surface area contributed by atoms with E-state index in [9.17, 15) is 20.0 Å². The first-order valence-corrected chi connectivity index (χ1v) is 6.46. The number of aliphatic hydroxyl groups is 1. The van der Waals surface area contributed by atoms with Crippen LogP contribution >= 0.6 is 0 Å². The van der Waals surface area contributed by atoms with Gasteiger partial charge in [-0.25, -0.2) is 4.79 Å². The fourth-order valence-electron chi connectivity index (χ4n) is 2.44. The first-order valence-electron chi connectivity index (χ1n) is 6.46. The molecule has 21 heavy (non-hydrogen) atoms. The van der Waals surface area contributed by atoms with Crippen molar-refractivity contribution < 1.29 is 24.3 Å². The van der Waals surface area contributed by atoms with Crippen LogP contribution < -0.4 is 0 Å². The summed E-state index contributed by atoms with van der Waals surface area (Å²) in [7, 11) is 0. The molecule has 0 radical (unpaired) electrons.